The molecule has 19 heavy (non-hydrogen) atoms. The van der Waals surface area contributed by atoms with Crippen molar-refractivity contribution in [3.8, 4) is 0 Å². The van der Waals surface area contributed by atoms with E-state index in [1.165, 1.54) is 10.9 Å². The Balaban J connectivity index is 2.14. The number of sulfonamides is 1. The fraction of sp³-hybridized carbons (Fsp3) is 0.750. The number of hydrogen-bond donors (Lipinski definition) is 1. The van der Waals surface area contributed by atoms with Crippen LogP contribution in [0.4, 0.5) is 0 Å². The second kappa shape index (κ2) is 5.60. The maximum Gasteiger partial charge on any atom is 0.260 e. The van der Waals surface area contributed by atoms with E-state index in [1.807, 2.05) is 13.8 Å². The van der Waals surface area contributed by atoms with Gasteiger partial charge in [-0.1, -0.05) is 0 Å². The van der Waals surface area contributed by atoms with Gasteiger partial charge in [0.05, 0.1) is 6.20 Å². The molecule has 2 rings (SSSR count). The van der Waals surface area contributed by atoms with E-state index in [9.17, 15) is 8.42 Å². The van der Waals surface area contributed by atoms with Gasteiger partial charge in [-0.25, -0.2) is 8.42 Å². The van der Waals surface area contributed by atoms with Gasteiger partial charge in [-0.15, -0.1) is 0 Å². The third-order valence-corrected chi connectivity index (χ3v) is 5.74. The summed E-state index contributed by atoms with van der Waals surface area (Å²) in [6.07, 6.45) is 3.19. The molecule has 0 radical (unpaired) electrons. The number of hydrogen-bond acceptors (Lipinski definition) is 4. The van der Waals surface area contributed by atoms with Crippen molar-refractivity contribution in [2.24, 2.45) is 11.7 Å². The van der Waals surface area contributed by atoms with Crippen LogP contribution >= 0.6 is 0 Å². The van der Waals surface area contributed by atoms with Crippen molar-refractivity contribution in [3.63, 3.8) is 0 Å². The minimum atomic E-state index is -3.42. The van der Waals surface area contributed by atoms with Gasteiger partial charge in [-0.05, 0) is 38.7 Å². The number of aryl methyl sites for hydroxylation is 1. The molecule has 0 spiro atoms. The first-order valence-corrected chi connectivity index (χ1v) is 8.18. The molecule has 1 aromatic heterocycles. The van der Waals surface area contributed by atoms with Crippen molar-refractivity contribution in [1.82, 2.24) is 14.1 Å². The Hall–Kier alpha value is -0.920. The normalized spacial score (nSPS) is 20.6. The van der Waals surface area contributed by atoms with E-state index in [0.29, 0.717) is 25.6 Å². The van der Waals surface area contributed by atoms with Gasteiger partial charge in [0.25, 0.3) is 10.0 Å². The molecule has 1 aromatic rings. The predicted octanol–water partition coefficient (Wildman–Crippen LogP) is 0.651. The lowest BCUT2D eigenvalue weighted by Gasteiger charge is -2.32. The van der Waals surface area contributed by atoms with Crippen LogP contribution in [0.3, 0.4) is 0 Å². The second-order valence-electron chi connectivity index (χ2n) is 5.09. The van der Waals surface area contributed by atoms with Crippen molar-refractivity contribution in [2.45, 2.75) is 44.3 Å². The Morgan fingerprint density at radius 2 is 2.11 bits per heavy atom. The Morgan fingerprint density at radius 1 is 1.47 bits per heavy atom. The molecule has 1 saturated heterocycles. The molecular weight excluding hydrogens is 264 g/mol. The van der Waals surface area contributed by atoms with Crippen LogP contribution in [0.15, 0.2) is 17.3 Å². The van der Waals surface area contributed by atoms with Crippen LogP contribution in [-0.2, 0) is 16.6 Å². The lowest BCUT2D eigenvalue weighted by molar-refractivity contribution is 0.249. The first kappa shape index (κ1) is 14.5. The summed E-state index contributed by atoms with van der Waals surface area (Å²) in [7, 11) is -3.42. The van der Waals surface area contributed by atoms with Gasteiger partial charge in [-0.2, -0.15) is 9.40 Å². The standard InChI is InChI=1S/C12H22N4O2S/c1-3-16-12(4-7-14-16)19(17,18)15-8-5-11(6-9-15)10(2)13/h4,7,10-11H,3,5-6,8-9,13H2,1-2H3. The summed E-state index contributed by atoms with van der Waals surface area (Å²) in [5.41, 5.74) is 5.88. The Bertz CT molecular complexity index is 516. The SMILES string of the molecule is CCn1nccc1S(=O)(=O)N1CCC(C(C)N)CC1. The third kappa shape index (κ3) is 2.82. The molecule has 1 aliphatic heterocycles. The first-order valence-electron chi connectivity index (χ1n) is 6.74. The minimum Gasteiger partial charge on any atom is -0.328 e. The van der Waals surface area contributed by atoms with Crippen LogP contribution in [0.2, 0.25) is 0 Å². The van der Waals surface area contributed by atoms with Gasteiger partial charge in [0, 0.05) is 25.7 Å². The van der Waals surface area contributed by atoms with Gasteiger partial charge in [0.2, 0.25) is 0 Å². The maximum atomic E-state index is 12.5. The van der Waals surface area contributed by atoms with Crippen LogP contribution in [0.1, 0.15) is 26.7 Å². The van der Waals surface area contributed by atoms with E-state index in [4.69, 9.17) is 5.73 Å². The van der Waals surface area contributed by atoms with Crippen LogP contribution in [-0.4, -0.2) is 41.6 Å². The van der Waals surface area contributed by atoms with E-state index in [0.717, 1.165) is 12.8 Å². The van der Waals surface area contributed by atoms with Crippen molar-refractivity contribution >= 4 is 10.0 Å². The minimum absolute atomic E-state index is 0.131. The first-order chi connectivity index (χ1) is 8.96. The summed E-state index contributed by atoms with van der Waals surface area (Å²) in [6.45, 7) is 5.51. The molecule has 0 aliphatic carbocycles. The monoisotopic (exact) mass is 286 g/mol. The molecular formula is C12H22N4O2S. The molecule has 2 N–H and O–H groups in total. The lowest BCUT2D eigenvalue weighted by Crippen LogP contribution is -2.43. The highest BCUT2D eigenvalue weighted by atomic mass is 32.2. The average molecular weight is 286 g/mol. The number of nitrogens with zero attached hydrogens (tertiary/aromatic N) is 3. The topological polar surface area (TPSA) is 81.2 Å². The van der Waals surface area contributed by atoms with Crippen LogP contribution in [0, 0.1) is 5.92 Å². The number of rotatable bonds is 4. The zero-order valence-corrected chi connectivity index (χ0v) is 12.3. The van der Waals surface area contributed by atoms with E-state index in [2.05, 4.69) is 5.10 Å². The predicted molar refractivity (Wildman–Crippen MR) is 73.0 cm³/mol. The molecule has 108 valence electrons. The van der Waals surface area contributed by atoms with Crippen molar-refractivity contribution in [3.05, 3.63) is 12.3 Å². The van der Waals surface area contributed by atoms with Crippen LogP contribution in [0.5, 0.6) is 0 Å². The summed E-state index contributed by atoms with van der Waals surface area (Å²) in [5.74, 6) is 0.419. The van der Waals surface area contributed by atoms with Crippen LogP contribution < -0.4 is 5.73 Å². The largest absolute Gasteiger partial charge is 0.328 e. The fourth-order valence-electron chi connectivity index (χ4n) is 2.55. The molecule has 1 fully saturated rings. The third-order valence-electron chi connectivity index (χ3n) is 3.82. The molecule has 7 heteroatoms. The second-order valence-corrected chi connectivity index (χ2v) is 6.97. The van der Waals surface area contributed by atoms with Gasteiger partial charge in [-0.3, -0.25) is 4.68 Å². The lowest BCUT2D eigenvalue weighted by atomic mass is 9.92. The Labute approximate surface area is 114 Å². The zero-order valence-electron chi connectivity index (χ0n) is 11.5. The van der Waals surface area contributed by atoms with Gasteiger partial charge in [0.15, 0.2) is 5.03 Å². The van der Waals surface area contributed by atoms with Gasteiger partial charge >= 0.3 is 0 Å². The van der Waals surface area contributed by atoms with Crippen molar-refractivity contribution in [2.75, 3.05) is 13.1 Å². The molecule has 0 bridgehead atoms. The number of aromatic nitrogens is 2. The van der Waals surface area contributed by atoms with E-state index < -0.39 is 10.0 Å². The summed E-state index contributed by atoms with van der Waals surface area (Å²) < 4.78 is 28.1. The molecule has 6 nitrogen and oxygen atoms in total. The van der Waals surface area contributed by atoms with Crippen molar-refractivity contribution in [1.29, 1.82) is 0 Å². The maximum absolute atomic E-state index is 12.5. The molecule has 1 aliphatic rings. The summed E-state index contributed by atoms with van der Waals surface area (Å²) >= 11 is 0. The van der Waals surface area contributed by atoms with E-state index in [1.54, 1.807) is 10.4 Å². The highest BCUT2D eigenvalue weighted by molar-refractivity contribution is 7.89. The highest BCUT2D eigenvalue weighted by Crippen LogP contribution is 2.24. The van der Waals surface area contributed by atoms with Gasteiger partial charge < -0.3 is 5.73 Å². The fourth-order valence-corrected chi connectivity index (χ4v) is 4.18. The molecule has 1 unspecified atom stereocenters. The summed E-state index contributed by atoms with van der Waals surface area (Å²) in [6, 6.07) is 1.70. The average Bonchev–Trinajstić information content (AvgIpc) is 2.87. The number of nitrogens with two attached hydrogens (primary N) is 1. The summed E-state index contributed by atoms with van der Waals surface area (Å²) in [5, 5.41) is 4.32. The highest BCUT2D eigenvalue weighted by Gasteiger charge is 2.32. The van der Waals surface area contributed by atoms with Gasteiger partial charge in [0.1, 0.15) is 0 Å². The number of piperidine rings is 1. The van der Waals surface area contributed by atoms with Crippen LogP contribution in [0.25, 0.3) is 0 Å². The van der Waals surface area contributed by atoms with E-state index in [-0.39, 0.29) is 11.1 Å². The summed E-state index contributed by atoms with van der Waals surface area (Å²) in [4.78, 5) is 0. The quantitative estimate of drug-likeness (QED) is 0.881. The molecule has 2 heterocycles. The smallest absolute Gasteiger partial charge is 0.260 e. The van der Waals surface area contributed by atoms with E-state index >= 15 is 0 Å². The zero-order chi connectivity index (χ0) is 14.0. The molecule has 0 saturated carbocycles. The molecule has 0 amide bonds. The van der Waals surface area contributed by atoms with Crippen molar-refractivity contribution < 1.29 is 8.42 Å². The molecule has 1 atom stereocenters. The Kier molecular flexibility index (Phi) is 4.27. The Morgan fingerprint density at radius 3 is 2.63 bits per heavy atom. The molecule has 0 aromatic carbocycles.